The third kappa shape index (κ3) is 2.19. The second kappa shape index (κ2) is 4.66. The van der Waals surface area contributed by atoms with Gasteiger partial charge >= 0.3 is 0 Å². The maximum atomic E-state index is 6.15. The molecule has 2 rings (SSSR count). The van der Waals surface area contributed by atoms with E-state index in [2.05, 4.69) is 15.7 Å². The minimum atomic E-state index is 0.0353. The van der Waals surface area contributed by atoms with Crippen LogP contribution in [-0.4, -0.2) is 9.59 Å². The Bertz CT molecular complexity index is 305. The third-order valence-electron chi connectivity index (χ3n) is 2.66. The summed E-state index contributed by atoms with van der Waals surface area (Å²) in [5, 5.41) is 3.82. The van der Waals surface area contributed by atoms with E-state index >= 15 is 0 Å². The van der Waals surface area contributed by atoms with Crippen LogP contribution in [-0.2, 0) is 0 Å². The fourth-order valence-corrected chi connectivity index (χ4v) is 2.36. The Morgan fingerprint density at radius 1 is 1.36 bits per heavy atom. The van der Waals surface area contributed by atoms with Crippen molar-refractivity contribution in [1.82, 2.24) is 9.59 Å². The SMILES string of the molecule is NC(C1=CCCCCC1)c1cnns1. The van der Waals surface area contributed by atoms with Crippen LogP contribution in [0.3, 0.4) is 0 Å². The molecule has 1 heterocycles. The molecule has 0 bridgehead atoms. The van der Waals surface area contributed by atoms with Crippen LogP contribution < -0.4 is 5.73 Å². The Morgan fingerprint density at radius 2 is 2.29 bits per heavy atom. The van der Waals surface area contributed by atoms with Crippen LogP contribution in [0.25, 0.3) is 0 Å². The second-order valence-electron chi connectivity index (χ2n) is 3.68. The van der Waals surface area contributed by atoms with Crippen LogP contribution in [0.15, 0.2) is 17.8 Å². The highest BCUT2D eigenvalue weighted by atomic mass is 32.1. The molecular weight excluding hydrogens is 194 g/mol. The Labute approximate surface area is 88.2 Å². The van der Waals surface area contributed by atoms with Crippen molar-refractivity contribution >= 4 is 11.5 Å². The molecule has 14 heavy (non-hydrogen) atoms. The topological polar surface area (TPSA) is 51.8 Å². The first kappa shape index (κ1) is 9.80. The number of hydrogen-bond acceptors (Lipinski definition) is 4. The van der Waals surface area contributed by atoms with Crippen molar-refractivity contribution in [3.05, 3.63) is 22.7 Å². The number of allylic oxidation sites excluding steroid dienone is 1. The average molecular weight is 209 g/mol. The molecule has 0 saturated carbocycles. The van der Waals surface area contributed by atoms with E-state index in [0.717, 1.165) is 11.3 Å². The van der Waals surface area contributed by atoms with E-state index in [9.17, 15) is 0 Å². The van der Waals surface area contributed by atoms with Crippen molar-refractivity contribution < 1.29 is 0 Å². The fraction of sp³-hybridized carbons (Fsp3) is 0.600. The van der Waals surface area contributed by atoms with Crippen LogP contribution in [0.1, 0.15) is 43.0 Å². The van der Waals surface area contributed by atoms with Crippen LogP contribution in [0.5, 0.6) is 0 Å². The lowest BCUT2D eigenvalue weighted by Crippen LogP contribution is -2.11. The molecule has 0 aliphatic heterocycles. The molecule has 1 aromatic rings. The van der Waals surface area contributed by atoms with Gasteiger partial charge in [-0.25, -0.2) is 0 Å². The van der Waals surface area contributed by atoms with Gasteiger partial charge in [-0.2, -0.15) is 0 Å². The summed E-state index contributed by atoms with van der Waals surface area (Å²) in [6, 6.07) is 0.0353. The first-order valence-corrected chi connectivity index (χ1v) is 5.87. The van der Waals surface area contributed by atoms with E-state index in [1.54, 1.807) is 6.20 Å². The Kier molecular flexibility index (Phi) is 3.26. The third-order valence-corrected chi connectivity index (χ3v) is 3.41. The van der Waals surface area contributed by atoms with Crippen molar-refractivity contribution in [1.29, 1.82) is 0 Å². The summed E-state index contributed by atoms with van der Waals surface area (Å²) in [5.41, 5.74) is 7.51. The molecule has 1 aromatic heterocycles. The van der Waals surface area contributed by atoms with Crippen molar-refractivity contribution in [3.63, 3.8) is 0 Å². The molecule has 0 saturated heterocycles. The summed E-state index contributed by atoms with van der Waals surface area (Å²) in [6.45, 7) is 0. The van der Waals surface area contributed by atoms with Gasteiger partial charge in [0, 0.05) is 0 Å². The Hall–Kier alpha value is -0.740. The van der Waals surface area contributed by atoms with Gasteiger partial charge < -0.3 is 5.73 Å². The second-order valence-corrected chi connectivity index (χ2v) is 4.49. The molecule has 3 nitrogen and oxygen atoms in total. The van der Waals surface area contributed by atoms with E-state index in [0.29, 0.717) is 0 Å². The van der Waals surface area contributed by atoms with Crippen LogP contribution >= 0.6 is 11.5 Å². The van der Waals surface area contributed by atoms with Gasteiger partial charge in [0.15, 0.2) is 0 Å². The van der Waals surface area contributed by atoms with Crippen molar-refractivity contribution in [2.24, 2.45) is 5.73 Å². The summed E-state index contributed by atoms with van der Waals surface area (Å²) < 4.78 is 3.85. The fourth-order valence-electron chi connectivity index (χ4n) is 1.82. The molecule has 2 N–H and O–H groups in total. The smallest absolute Gasteiger partial charge is 0.0672 e. The maximum Gasteiger partial charge on any atom is 0.0672 e. The number of hydrogen-bond donors (Lipinski definition) is 1. The van der Waals surface area contributed by atoms with Gasteiger partial charge in [0.25, 0.3) is 0 Å². The molecule has 1 aliphatic rings. The molecule has 0 radical (unpaired) electrons. The zero-order chi connectivity index (χ0) is 9.80. The summed E-state index contributed by atoms with van der Waals surface area (Å²) in [7, 11) is 0. The summed E-state index contributed by atoms with van der Waals surface area (Å²) in [5.74, 6) is 0. The van der Waals surface area contributed by atoms with Crippen LogP contribution in [0.2, 0.25) is 0 Å². The molecule has 76 valence electrons. The molecule has 1 aliphatic carbocycles. The number of rotatable bonds is 2. The standard InChI is InChI=1S/C10H15N3S/c11-10(9-7-12-13-14-9)8-5-3-1-2-4-6-8/h5,7,10H,1-4,6,11H2. The van der Waals surface area contributed by atoms with Gasteiger partial charge in [-0.1, -0.05) is 22.6 Å². The monoisotopic (exact) mass is 209 g/mol. The lowest BCUT2D eigenvalue weighted by Gasteiger charge is -2.11. The highest BCUT2D eigenvalue weighted by molar-refractivity contribution is 7.05. The van der Waals surface area contributed by atoms with Gasteiger partial charge in [-0.05, 0) is 37.2 Å². The summed E-state index contributed by atoms with van der Waals surface area (Å²) in [6.07, 6.45) is 10.3. The molecule has 0 fully saturated rings. The van der Waals surface area contributed by atoms with E-state index in [1.165, 1.54) is 42.8 Å². The number of nitrogens with two attached hydrogens (primary N) is 1. The number of nitrogens with zero attached hydrogens (tertiary/aromatic N) is 2. The Balaban J connectivity index is 2.10. The predicted octanol–water partition coefficient (Wildman–Crippen LogP) is 2.43. The van der Waals surface area contributed by atoms with Gasteiger partial charge in [-0.3, -0.25) is 0 Å². The van der Waals surface area contributed by atoms with Gasteiger partial charge in [0.05, 0.1) is 17.1 Å². The quantitative estimate of drug-likeness (QED) is 0.761. The molecule has 0 amide bonds. The van der Waals surface area contributed by atoms with Crippen LogP contribution in [0, 0.1) is 0 Å². The first-order chi connectivity index (χ1) is 6.88. The lowest BCUT2D eigenvalue weighted by molar-refractivity contribution is 0.690. The average Bonchev–Trinajstić information content (AvgIpc) is 2.59. The van der Waals surface area contributed by atoms with E-state index in [-0.39, 0.29) is 6.04 Å². The van der Waals surface area contributed by atoms with Crippen molar-refractivity contribution in [3.8, 4) is 0 Å². The normalized spacial score (nSPS) is 19.9. The predicted molar refractivity (Wildman–Crippen MR) is 58.0 cm³/mol. The van der Waals surface area contributed by atoms with E-state index < -0.39 is 0 Å². The zero-order valence-corrected chi connectivity index (χ0v) is 8.96. The molecular formula is C10H15N3S. The minimum Gasteiger partial charge on any atom is -0.320 e. The van der Waals surface area contributed by atoms with E-state index in [1.807, 2.05) is 0 Å². The lowest BCUT2D eigenvalue weighted by atomic mass is 10.0. The molecule has 0 aromatic carbocycles. The zero-order valence-electron chi connectivity index (χ0n) is 8.15. The van der Waals surface area contributed by atoms with Crippen molar-refractivity contribution in [2.75, 3.05) is 0 Å². The Morgan fingerprint density at radius 3 is 3.07 bits per heavy atom. The highest BCUT2D eigenvalue weighted by Gasteiger charge is 2.14. The van der Waals surface area contributed by atoms with Gasteiger partial charge in [-0.15, -0.1) is 5.10 Å². The molecule has 0 spiro atoms. The minimum absolute atomic E-state index is 0.0353. The maximum absolute atomic E-state index is 6.15. The van der Waals surface area contributed by atoms with Gasteiger partial charge in [0.2, 0.25) is 0 Å². The van der Waals surface area contributed by atoms with E-state index in [4.69, 9.17) is 5.73 Å². The largest absolute Gasteiger partial charge is 0.320 e. The molecule has 4 heteroatoms. The summed E-state index contributed by atoms with van der Waals surface area (Å²) >= 11 is 1.40. The first-order valence-electron chi connectivity index (χ1n) is 5.09. The molecule has 1 unspecified atom stereocenters. The summed E-state index contributed by atoms with van der Waals surface area (Å²) in [4.78, 5) is 1.08. The van der Waals surface area contributed by atoms with Crippen molar-refractivity contribution in [2.45, 2.75) is 38.1 Å². The van der Waals surface area contributed by atoms with Gasteiger partial charge in [0.1, 0.15) is 0 Å². The van der Waals surface area contributed by atoms with Crippen LogP contribution in [0.4, 0.5) is 0 Å². The highest BCUT2D eigenvalue weighted by Crippen LogP contribution is 2.28. The number of aromatic nitrogens is 2. The molecule has 1 atom stereocenters.